The normalized spacial score (nSPS) is 14.8. The van der Waals surface area contributed by atoms with E-state index in [2.05, 4.69) is 13.8 Å². The molecule has 0 spiro atoms. The van der Waals surface area contributed by atoms with E-state index in [0.717, 1.165) is 6.26 Å². The molecule has 2 amide bonds. The van der Waals surface area contributed by atoms with Crippen LogP contribution in [0.3, 0.4) is 0 Å². The van der Waals surface area contributed by atoms with E-state index in [1.54, 1.807) is 9.80 Å². The van der Waals surface area contributed by atoms with Gasteiger partial charge in [0.25, 0.3) is 11.8 Å². The number of hydrogen-bond donors (Lipinski definition) is 0. The molecular formula is C22H25ClN2O4S. The average molecular weight is 449 g/mol. The number of benzene rings is 2. The molecular weight excluding hydrogens is 424 g/mol. The van der Waals surface area contributed by atoms with Crippen LogP contribution in [-0.4, -0.2) is 62.5 Å². The summed E-state index contributed by atoms with van der Waals surface area (Å²) in [5.74, 6) is 0.00475. The van der Waals surface area contributed by atoms with E-state index in [0.29, 0.717) is 37.7 Å². The summed E-state index contributed by atoms with van der Waals surface area (Å²) in [6, 6.07) is 11.7. The summed E-state index contributed by atoms with van der Waals surface area (Å²) in [6.45, 7) is 5.72. The Labute approximate surface area is 182 Å². The van der Waals surface area contributed by atoms with Gasteiger partial charge in [0, 0.05) is 38.0 Å². The van der Waals surface area contributed by atoms with E-state index >= 15 is 0 Å². The summed E-state index contributed by atoms with van der Waals surface area (Å²) in [6.07, 6.45) is 1.09. The van der Waals surface area contributed by atoms with E-state index in [-0.39, 0.29) is 27.3 Å². The predicted molar refractivity (Wildman–Crippen MR) is 117 cm³/mol. The van der Waals surface area contributed by atoms with Gasteiger partial charge in [0.1, 0.15) is 0 Å². The first-order valence-electron chi connectivity index (χ1n) is 9.76. The van der Waals surface area contributed by atoms with Gasteiger partial charge in [-0.25, -0.2) is 8.42 Å². The summed E-state index contributed by atoms with van der Waals surface area (Å²) >= 11 is 6.15. The summed E-state index contributed by atoms with van der Waals surface area (Å²) in [7, 11) is -3.45. The molecule has 0 N–H and O–H groups in total. The zero-order valence-corrected chi connectivity index (χ0v) is 18.8. The quantitative estimate of drug-likeness (QED) is 0.717. The molecule has 2 aromatic carbocycles. The van der Waals surface area contributed by atoms with Gasteiger partial charge in [0.05, 0.1) is 15.5 Å². The molecule has 0 radical (unpaired) electrons. The van der Waals surface area contributed by atoms with Gasteiger partial charge in [-0.05, 0) is 41.8 Å². The van der Waals surface area contributed by atoms with Crippen LogP contribution in [0.25, 0.3) is 0 Å². The number of halogens is 1. The third-order valence-electron chi connectivity index (χ3n) is 5.27. The van der Waals surface area contributed by atoms with Gasteiger partial charge in [0.2, 0.25) is 0 Å². The molecule has 30 heavy (non-hydrogen) atoms. The van der Waals surface area contributed by atoms with E-state index in [4.69, 9.17) is 11.6 Å². The Morgan fingerprint density at radius 1 is 0.900 bits per heavy atom. The van der Waals surface area contributed by atoms with Crippen molar-refractivity contribution in [1.29, 1.82) is 0 Å². The molecule has 0 aromatic heterocycles. The van der Waals surface area contributed by atoms with Crippen molar-refractivity contribution in [2.24, 2.45) is 0 Å². The fourth-order valence-electron chi connectivity index (χ4n) is 3.38. The first-order chi connectivity index (χ1) is 14.1. The fourth-order valence-corrected chi connectivity index (χ4v) is 4.22. The van der Waals surface area contributed by atoms with Crippen LogP contribution in [0.5, 0.6) is 0 Å². The van der Waals surface area contributed by atoms with Crippen LogP contribution in [0, 0.1) is 0 Å². The number of rotatable bonds is 4. The minimum absolute atomic E-state index is 0.0499. The van der Waals surface area contributed by atoms with Gasteiger partial charge < -0.3 is 9.80 Å². The van der Waals surface area contributed by atoms with Crippen molar-refractivity contribution in [2.75, 3.05) is 32.4 Å². The Morgan fingerprint density at radius 3 is 1.93 bits per heavy atom. The first kappa shape index (κ1) is 22.3. The molecule has 0 saturated carbocycles. The molecule has 2 aromatic rings. The number of carbonyl (C=O) groups excluding carboxylic acids is 2. The van der Waals surface area contributed by atoms with Gasteiger partial charge in [-0.2, -0.15) is 0 Å². The second-order valence-corrected chi connectivity index (χ2v) is 10.2. The molecule has 6 nitrogen and oxygen atoms in total. The average Bonchev–Trinajstić information content (AvgIpc) is 2.72. The Bertz CT molecular complexity index is 1060. The number of hydrogen-bond acceptors (Lipinski definition) is 4. The second-order valence-electron chi connectivity index (χ2n) is 7.77. The van der Waals surface area contributed by atoms with Gasteiger partial charge >= 0.3 is 0 Å². The molecule has 160 valence electrons. The Hall–Kier alpha value is -2.38. The Morgan fingerprint density at radius 2 is 1.43 bits per heavy atom. The summed E-state index contributed by atoms with van der Waals surface area (Å²) in [5, 5.41) is 0.205. The minimum atomic E-state index is -3.45. The first-order valence-corrected chi connectivity index (χ1v) is 12.0. The van der Waals surface area contributed by atoms with Crippen molar-refractivity contribution >= 4 is 33.3 Å². The van der Waals surface area contributed by atoms with Crippen LogP contribution in [0.2, 0.25) is 5.02 Å². The van der Waals surface area contributed by atoms with Gasteiger partial charge in [0.15, 0.2) is 9.84 Å². The Balaban J connectivity index is 1.68. The van der Waals surface area contributed by atoms with Gasteiger partial charge in [-0.15, -0.1) is 0 Å². The van der Waals surface area contributed by atoms with Crippen LogP contribution in [0.4, 0.5) is 0 Å². The molecule has 1 heterocycles. The monoisotopic (exact) mass is 448 g/mol. The van der Waals surface area contributed by atoms with Crippen LogP contribution in [0.1, 0.15) is 46.0 Å². The molecule has 1 aliphatic rings. The molecule has 3 rings (SSSR count). The molecule has 1 saturated heterocycles. The smallest absolute Gasteiger partial charge is 0.255 e. The zero-order chi connectivity index (χ0) is 22.1. The highest BCUT2D eigenvalue weighted by molar-refractivity contribution is 7.90. The third kappa shape index (κ3) is 4.84. The third-order valence-corrected chi connectivity index (χ3v) is 6.71. The lowest BCUT2D eigenvalue weighted by Gasteiger charge is -2.35. The standard InChI is InChI=1S/C22H25ClN2O4S/c1-15(2)16-4-6-17(7-5-16)21(26)24-10-12-25(13-11-24)22(27)19-14-18(30(3,28)29)8-9-20(19)23/h4-9,14-15H,10-13H2,1-3H3. The molecule has 0 bridgehead atoms. The maximum Gasteiger partial charge on any atom is 0.255 e. The maximum absolute atomic E-state index is 12.9. The van der Waals surface area contributed by atoms with E-state index < -0.39 is 9.84 Å². The van der Waals surface area contributed by atoms with E-state index in [9.17, 15) is 18.0 Å². The van der Waals surface area contributed by atoms with Gasteiger partial charge in [-0.3, -0.25) is 9.59 Å². The topological polar surface area (TPSA) is 74.8 Å². The van der Waals surface area contributed by atoms with Crippen molar-refractivity contribution in [1.82, 2.24) is 9.80 Å². The SMILES string of the molecule is CC(C)c1ccc(C(=O)N2CCN(C(=O)c3cc(S(C)(=O)=O)ccc3Cl)CC2)cc1. The van der Waals surface area contributed by atoms with Crippen molar-refractivity contribution in [2.45, 2.75) is 24.7 Å². The molecule has 8 heteroatoms. The fraction of sp³-hybridized carbons (Fsp3) is 0.364. The second kappa shape index (κ2) is 8.78. The van der Waals surface area contributed by atoms with Crippen molar-refractivity contribution in [3.05, 3.63) is 64.2 Å². The van der Waals surface area contributed by atoms with Crippen molar-refractivity contribution in [3.8, 4) is 0 Å². The molecule has 0 unspecified atom stereocenters. The predicted octanol–water partition coefficient (Wildman–Crippen LogP) is 3.47. The van der Waals surface area contributed by atoms with Crippen LogP contribution in [-0.2, 0) is 9.84 Å². The summed E-state index contributed by atoms with van der Waals surface area (Å²) < 4.78 is 23.6. The number of piperazine rings is 1. The lowest BCUT2D eigenvalue weighted by Crippen LogP contribution is -2.50. The van der Waals surface area contributed by atoms with Crippen LogP contribution in [0.15, 0.2) is 47.4 Å². The van der Waals surface area contributed by atoms with E-state index in [1.165, 1.54) is 23.8 Å². The minimum Gasteiger partial charge on any atom is -0.335 e. The highest BCUT2D eigenvalue weighted by Crippen LogP contribution is 2.23. The molecule has 1 aliphatic heterocycles. The van der Waals surface area contributed by atoms with Crippen molar-refractivity contribution in [3.63, 3.8) is 0 Å². The van der Waals surface area contributed by atoms with Gasteiger partial charge in [-0.1, -0.05) is 37.6 Å². The van der Waals surface area contributed by atoms with Crippen LogP contribution >= 0.6 is 11.6 Å². The number of sulfone groups is 1. The highest BCUT2D eigenvalue weighted by atomic mass is 35.5. The molecule has 0 atom stereocenters. The Kier molecular flexibility index (Phi) is 6.53. The number of nitrogens with zero attached hydrogens (tertiary/aromatic N) is 2. The van der Waals surface area contributed by atoms with E-state index in [1.807, 2.05) is 24.3 Å². The molecule has 1 fully saturated rings. The van der Waals surface area contributed by atoms with Crippen molar-refractivity contribution < 1.29 is 18.0 Å². The summed E-state index contributed by atoms with van der Waals surface area (Å²) in [4.78, 5) is 29.0. The number of carbonyl (C=O) groups is 2. The summed E-state index contributed by atoms with van der Waals surface area (Å²) in [5.41, 5.74) is 1.96. The largest absolute Gasteiger partial charge is 0.335 e. The zero-order valence-electron chi connectivity index (χ0n) is 17.3. The maximum atomic E-state index is 12.9. The van der Waals surface area contributed by atoms with Crippen LogP contribution < -0.4 is 0 Å². The number of amides is 2. The highest BCUT2D eigenvalue weighted by Gasteiger charge is 2.27. The lowest BCUT2D eigenvalue weighted by molar-refractivity contribution is 0.0535. The lowest BCUT2D eigenvalue weighted by atomic mass is 10.0. The molecule has 0 aliphatic carbocycles.